The topological polar surface area (TPSA) is 0 Å². The zero-order valence-electron chi connectivity index (χ0n) is 7.38. The van der Waals surface area contributed by atoms with Gasteiger partial charge in [0.05, 0.1) is 0 Å². The van der Waals surface area contributed by atoms with Crippen molar-refractivity contribution in [1.29, 1.82) is 0 Å². The first-order chi connectivity index (χ1) is 5.29. The van der Waals surface area contributed by atoms with E-state index >= 15 is 0 Å². The number of rotatable bonds is 3. The Hall–Kier alpha value is -0.563. The maximum atomic E-state index is 2.33. The van der Waals surface area contributed by atoms with Crippen LogP contribution in [0.1, 0.15) is 19.4 Å². The molecule has 0 atom stereocenters. The predicted octanol–water partition coefficient (Wildman–Crippen LogP) is 2.18. The molecule has 1 rings (SSSR count). The average Bonchev–Trinajstić information content (AvgIpc) is 2.03. The first-order valence-corrected chi connectivity index (χ1v) is 6.14. The zero-order valence-corrected chi connectivity index (χ0v) is 8.79. The van der Waals surface area contributed by atoms with E-state index in [0.29, 0.717) is 0 Å². The minimum atomic E-state index is 0.148. The Morgan fingerprint density at radius 3 is 2.36 bits per heavy atom. The van der Waals surface area contributed by atoms with Crippen molar-refractivity contribution in [3.05, 3.63) is 35.9 Å². The van der Waals surface area contributed by atoms with Crippen LogP contribution in [0.3, 0.4) is 0 Å². The molecule has 0 bridgehead atoms. The minimum absolute atomic E-state index is 0.148. The quantitative estimate of drug-likeness (QED) is 0.601. The zero-order chi connectivity index (χ0) is 8.10. The van der Waals surface area contributed by atoms with Crippen LogP contribution in [0.15, 0.2) is 30.3 Å². The minimum Gasteiger partial charge on any atom is -0.0657 e. The van der Waals surface area contributed by atoms with Crippen LogP contribution in [-0.4, -0.2) is 9.52 Å². The summed E-state index contributed by atoms with van der Waals surface area (Å²) in [7, 11) is 0.148. The van der Waals surface area contributed by atoms with Gasteiger partial charge in [0.1, 0.15) is 0 Å². The normalized spacial score (nSPS) is 11.5. The van der Waals surface area contributed by atoms with Gasteiger partial charge in [-0.3, -0.25) is 0 Å². The maximum absolute atomic E-state index is 2.33. The molecule has 60 valence electrons. The summed E-state index contributed by atoms with van der Waals surface area (Å²) in [5.74, 6) is 0. The van der Waals surface area contributed by atoms with Crippen LogP contribution in [0, 0.1) is 0 Å². The molecule has 0 saturated heterocycles. The fourth-order valence-electron chi connectivity index (χ4n) is 1.10. The Bertz CT molecular complexity index is 191. The van der Waals surface area contributed by atoms with Crippen LogP contribution in [0.2, 0.25) is 5.54 Å². The maximum Gasteiger partial charge on any atom is 0.0273 e. The van der Waals surface area contributed by atoms with Gasteiger partial charge >= 0.3 is 0 Å². The molecule has 0 fully saturated rings. The molecule has 0 radical (unpaired) electrons. The van der Waals surface area contributed by atoms with Gasteiger partial charge in [-0.2, -0.15) is 0 Å². The molecule has 1 aromatic carbocycles. The molecule has 0 aromatic heterocycles. The molecular weight excluding hydrogens is 148 g/mol. The lowest BCUT2D eigenvalue weighted by molar-refractivity contribution is 1.04. The van der Waals surface area contributed by atoms with Gasteiger partial charge in [0.15, 0.2) is 0 Å². The van der Waals surface area contributed by atoms with Crippen LogP contribution >= 0.6 is 0 Å². The molecule has 1 heteroatoms. The number of benzene rings is 1. The first-order valence-electron chi connectivity index (χ1n) is 4.33. The lowest BCUT2D eigenvalue weighted by atomic mass is 10.2. The second kappa shape index (κ2) is 4.34. The lowest BCUT2D eigenvalue weighted by Gasteiger charge is -2.02. The van der Waals surface area contributed by atoms with Crippen molar-refractivity contribution in [3.63, 3.8) is 0 Å². The summed E-state index contributed by atoms with van der Waals surface area (Å²) in [5.41, 5.74) is 2.48. The molecule has 0 nitrogen and oxygen atoms in total. The van der Waals surface area contributed by atoms with Gasteiger partial charge < -0.3 is 0 Å². The second-order valence-corrected chi connectivity index (χ2v) is 6.13. The van der Waals surface area contributed by atoms with Gasteiger partial charge in [0.25, 0.3) is 0 Å². The third-order valence-corrected chi connectivity index (χ3v) is 3.87. The van der Waals surface area contributed by atoms with Crippen molar-refractivity contribution in [1.82, 2.24) is 0 Å². The van der Waals surface area contributed by atoms with E-state index in [1.165, 1.54) is 11.6 Å². The van der Waals surface area contributed by atoms with Crippen molar-refractivity contribution >= 4 is 9.52 Å². The van der Waals surface area contributed by atoms with E-state index < -0.39 is 0 Å². The number of hydrogen-bond acceptors (Lipinski definition) is 0. The van der Waals surface area contributed by atoms with Gasteiger partial charge in [-0.05, 0) is 6.04 Å². The smallest absolute Gasteiger partial charge is 0.0273 e. The molecule has 11 heavy (non-hydrogen) atoms. The van der Waals surface area contributed by atoms with Gasteiger partial charge in [0, 0.05) is 9.52 Å². The van der Waals surface area contributed by atoms with E-state index in [-0.39, 0.29) is 9.52 Å². The summed E-state index contributed by atoms with van der Waals surface area (Å²) in [6.07, 6.45) is 0. The molecule has 0 aliphatic heterocycles. The fraction of sp³-hybridized carbons (Fsp3) is 0.400. The van der Waals surface area contributed by atoms with Crippen LogP contribution in [0.5, 0.6) is 0 Å². The molecule has 1 aromatic rings. The highest BCUT2D eigenvalue weighted by atomic mass is 28.2. The summed E-state index contributed by atoms with van der Waals surface area (Å²) >= 11 is 0. The Morgan fingerprint density at radius 2 is 1.82 bits per heavy atom. The molecule has 0 aliphatic carbocycles. The van der Waals surface area contributed by atoms with Crippen LogP contribution in [-0.2, 0) is 6.04 Å². The van der Waals surface area contributed by atoms with Crippen molar-refractivity contribution in [2.45, 2.75) is 25.4 Å². The summed E-state index contributed by atoms with van der Waals surface area (Å²) < 4.78 is 0. The molecule has 0 spiro atoms. The molecule has 0 aliphatic rings. The van der Waals surface area contributed by atoms with Crippen LogP contribution in [0.4, 0.5) is 0 Å². The third-order valence-electron chi connectivity index (χ3n) is 1.85. The summed E-state index contributed by atoms with van der Waals surface area (Å²) in [5, 5.41) is 0. The van der Waals surface area contributed by atoms with Gasteiger partial charge in [0.2, 0.25) is 0 Å². The molecule has 0 amide bonds. The van der Waals surface area contributed by atoms with Crippen molar-refractivity contribution in [2.24, 2.45) is 0 Å². The van der Waals surface area contributed by atoms with Gasteiger partial charge in [-0.25, -0.2) is 0 Å². The van der Waals surface area contributed by atoms with Crippen LogP contribution < -0.4 is 0 Å². The first kappa shape index (κ1) is 8.53. The Labute approximate surface area is 71.5 Å². The van der Waals surface area contributed by atoms with E-state index in [1.807, 2.05) is 0 Å². The van der Waals surface area contributed by atoms with Crippen molar-refractivity contribution in [3.8, 4) is 0 Å². The fourth-order valence-corrected chi connectivity index (χ4v) is 2.34. The predicted molar refractivity (Wildman–Crippen MR) is 53.8 cm³/mol. The standard InChI is InChI=1S/C10H16Si/c1-9(2)11-8-10-6-4-3-5-7-10/h3-7,9H,8,11H2,1-2H3. The van der Waals surface area contributed by atoms with Crippen molar-refractivity contribution in [2.75, 3.05) is 0 Å². The van der Waals surface area contributed by atoms with Crippen LogP contribution in [0.25, 0.3) is 0 Å². The van der Waals surface area contributed by atoms with E-state index in [1.54, 1.807) is 0 Å². The molecule has 0 saturated carbocycles. The highest BCUT2D eigenvalue weighted by Gasteiger charge is 1.95. The number of hydrogen-bond donors (Lipinski definition) is 0. The Kier molecular flexibility index (Phi) is 3.37. The highest BCUT2D eigenvalue weighted by Crippen LogP contribution is 2.04. The Morgan fingerprint density at radius 1 is 1.18 bits per heavy atom. The summed E-state index contributed by atoms with van der Waals surface area (Å²) in [6, 6.07) is 12.2. The Balaban J connectivity index is 2.39. The SMILES string of the molecule is CC(C)[SiH2]Cc1ccccc1. The van der Waals surface area contributed by atoms with E-state index in [2.05, 4.69) is 44.2 Å². The monoisotopic (exact) mass is 164 g/mol. The van der Waals surface area contributed by atoms with Gasteiger partial charge in [-0.1, -0.05) is 55.3 Å². The summed E-state index contributed by atoms with van der Waals surface area (Å²) in [4.78, 5) is 0. The molecule has 0 N–H and O–H groups in total. The molecular formula is C10H16Si. The third kappa shape index (κ3) is 3.37. The lowest BCUT2D eigenvalue weighted by Crippen LogP contribution is -1.99. The molecule has 0 unspecified atom stereocenters. The highest BCUT2D eigenvalue weighted by molar-refractivity contribution is 6.36. The molecule has 0 heterocycles. The largest absolute Gasteiger partial charge is 0.0657 e. The van der Waals surface area contributed by atoms with Crippen molar-refractivity contribution < 1.29 is 0 Å². The average molecular weight is 164 g/mol. The summed E-state index contributed by atoms with van der Waals surface area (Å²) in [6.45, 7) is 4.66. The van der Waals surface area contributed by atoms with E-state index in [9.17, 15) is 0 Å². The van der Waals surface area contributed by atoms with Gasteiger partial charge in [-0.15, -0.1) is 0 Å². The second-order valence-electron chi connectivity index (χ2n) is 3.42. The van der Waals surface area contributed by atoms with E-state index in [4.69, 9.17) is 0 Å². The van der Waals surface area contributed by atoms with E-state index in [0.717, 1.165) is 5.54 Å².